The van der Waals surface area contributed by atoms with Crippen LogP contribution in [-0.2, 0) is 19.5 Å². The molecular formula is C12H19FN2O4S. The van der Waals surface area contributed by atoms with Crippen molar-refractivity contribution >= 4 is 15.7 Å². The SMILES string of the molecule is COCCOCCNS(=O)(=O)c1cc(N)c(C)c(F)c1. The first kappa shape index (κ1) is 16.8. The smallest absolute Gasteiger partial charge is 0.240 e. The van der Waals surface area contributed by atoms with Gasteiger partial charge in [0.05, 0.1) is 24.7 Å². The molecule has 0 radical (unpaired) electrons. The lowest BCUT2D eigenvalue weighted by molar-refractivity contribution is 0.0736. The first-order valence-corrected chi connectivity index (χ1v) is 7.48. The zero-order valence-corrected chi connectivity index (χ0v) is 12.3. The summed E-state index contributed by atoms with van der Waals surface area (Å²) in [5.74, 6) is -0.651. The highest BCUT2D eigenvalue weighted by atomic mass is 32.2. The van der Waals surface area contributed by atoms with Crippen LogP contribution in [0.5, 0.6) is 0 Å². The molecule has 0 spiro atoms. The van der Waals surface area contributed by atoms with Crippen molar-refractivity contribution in [1.29, 1.82) is 0 Å². The van der Waals surface area contributed by atoms with Gasteiger partial charge < -0.3 is 15.2 Å². The Bertz CT molecular complexity index is 525. The number of methoxy groups -OCH3 is 1. The molecule has 0 aliphatic heterocycles. The molecule has 0 aromatic heterocycles. The van der Waals surface area contributed by atoms with Crippen LogP contribution in [0.25, 0.3) is 0 Å². The van der Waals surface area contributed by atoms with Crippen molar-refractivity contribution in [3.63, 3.8) is 0 Å². The third-order valence-electron chi connectivity index (χ3n) is 2.64. The average molecular weight is 306 g/mol. The fourth-order valence-electron chi connectivity index (χ4n) is 1.41. The molecule has 20 heavy (non-hydrogen) atoms. The third-order valence-corrected chi connectivity index (χ3v) is 4.08. The summed E-state index contributed by atoms with van der Waals surface area (Å²) < 4.78 is 49.5. The molecule has 6 nitrogen and oxygen atoms in total. The summed E-state index contributed by atoms with van der Waals surface area (Å²) in [6.45, 7) is 2.59. The molecule has 0 unspecified atom stereocenters. The van der Waals surface area contributed by atoms with Crippen LogP contribution in [0.4, 0.5) is 10.1 Å². The van der Waals surface area contributed by atoms with Crippen LogP contribution in [0.2, 0.25) is 0 Å². The van der Waals surface area contributed by atoms with Gasteiger partial charge in [0.15, 0.2) is 0 Å². The fraction of sp³-hybridized carbons (Fsp3) is 0.500. The van der Waals surface area contributed by atoms with Crippen molar-refractivity contribution in [2.45, 2.75) is 11.8 Å². The van der Waals surface area contributed by atoms with Gasteiger partial charge in [-0.3, -0.25) is 0 Å². The van der Waals surface area contributed by atoms with Gasteiger partial charge in [-0.1, -0.05) is 0 Å². The van der Waals surface area contributed by atoms with Crippen molar-refractivity contribution in [2.24, 2.45) is 0 Å². The van der Waals surface area contributed by atoms with Crippen molar-refractivity contribution in [3.05, 3.63) is 23.5 Å². The molecular weight excluding hydrogens is 287 g/mol. The molecule has 0 atom stereocenters. The van der Waals surface area contributed by atoms with Gasteiger partial charge >= 0.3 is 0 Å². The maximum atomic E-state index is 13.5. The number of ether oxygens (including phenoxy) is 2. The number of nitrogens with one attached hydrogen (secondary N) is 1. The van der Waals surface area contributed by atoms with Crippen LogP contribution in [0.3, 0.4) is 0 Å². The summed E-state index contributed by atoms with van der Waals surface area (Å²) in [7, 11) is -2.25. The zero-order chi connectivity index (χ0) is 15.2. The summed E-state index contributed by atoms with van der Waals surface area (Å²) >= 11 is 0. The Kier molecular flexibility index (Phi) is 6.34. The topological polar surface area (TPSA) is 90.6 Å². The minimum atomic E-state index is -3.80. The van der Waals surface area contributed by atoms with E-state index < -0.39 is 15.8 Å². The zero-order valence-electron chi connectivity index (χ0n) is 11.5. The Morgan fingerprint density at radius 1 is 1.30 bits per heavy atom. The van der Waals surface area contributed by atoms with Crippen molar-refractivity contribution in [2.75, 3.05) is 39.2 Å². The number of nitrogen functional groups attached to an aromatic ring is 1. The van der Waals surface area contributed by atoms with Crippen molar-refractivity contribution in [3.8, 4) is 0 Å². The van der Waals surface area contributed by atoms with Gasteiger partial charge in [-0.05, 0) is 19.1 Å². The highest BCUT2D eigenvalue weighted by Crippen LogP contribution is 2.20. The van der Waals surface area contributed by atoms with Gasteiger partial charge in [0.2, 0.25) is 10.0 Å². The number of hydrogen-bond acceptors (Lipinski definition) is 5. The lowest BCUT2D eigenvalue weighted by atomic mass is 10.2. The second kappa shape index (κ2) is 7.53. The minimum absolute atomic E-state index is 0.0848. The molecule has 8 heteroatoms. The lowest BCUT2D eigenvalue weighted by Gasteiger charge is -2.09. The molecule has 0 saturated carbocycles. The van der Waals surface area contributed by atoms with E-state index in [4.69, 9.17) is 15.2 Å². The number of halogens is 1. The van der Waals surface area contributed by atoms with Crippen LogP contribution >= 0.6 is 0 Å². The third kappa shape index (κ3) is 4.71. The minimum Gasteiger partial charge on any atom is -0.398 e. The normalized spacial score (nSPS) is 11.8. The van der Waals surface area contributed by atoms with Crippen LogP contribution in [0, 0.1) is 12.7 Å². The van der Waals surface area contributed by atoms with Gasteiger partial charge in [0.25, 0.3) is 0 Å². The number of rotatable bonds is 8. The van der Waals surface area contributed by atoms with E-state index >= 15 is 0 Å². The summed E-state index contributed by atoms with van der Waals surface area (Å²) in [4.78, 5) is -0.199. The van der Waals surface area contributed by atoms with E-state index in [0.29, 0.717) is 13.2 Å². The molecule has 3 N–H and O–H groups in total. The van der Waals surface area contributed by atoms with Gasteiger partial charge in [0.1, 0.15) is 5.82 Å². The monoisotopic (exact) mass is 306 g/mol. The van der Waals surface area contributed by atoms with Gasteiger partial charge in [-0.15, -0.1) is 0 Å². The van der Waals surface area contributed by atoms with Crippen LogP contribution < -0.4 is 10.5 Å². The predicted octanol–water partition coefficient (Wildman–Crippen LogP) is 0.658. The fourth-order valence-corrected chi connectivity index (χ4v) is 2.46. The molecule has 1 rings (SSSR count). The molecule has 0 bridgehead atoms. The van der Waals surface area contributed by atoms with E-state index in [1.165, 1.54) is 13.0 Å². The predicted molar refractivity (Wildman–Crippen MR) is 73.4 cm³/mol. The summed E-state index contributed by atoms with van der Waals surface area (Å²) in [6, 6.07) is 2.17. The molecule has 0 saturated heterocycles. The molecule has 0 amide bonds. The first-order valence-electron chi connectivity index (χ1n) is 6.00. The van der Waals surface area contributed by atoms with Crippen molar-refractivity contribution < 1.29 is 22.3 Å². The van der Waals surface area contributed by atoms with Crippen LogP contribution in [0.1, 0.15) is 5.56 Å². The Balaban J connectivity index is 2.61. The van der Waals surface area contributed by atoms with E-state index in [1.54, 1.807) is 7.11 Å². The van der Waals surface area contributed by atoms with E-state index in [-0.39, 0.29) is 29.3 Å². The highest BCUT2D eigenvalue weighted by Gasteiger charge is 2.16. The first-order chi connectivity index (χ1) is 9.38. The molecule has 1 aromatic rings. The standard InChI is InChI=1S/C12H19FN2O4S/c1-9-11(13)7-10(8-12(9)14)20(16,17)15-3-4-19-6-5-18-2/h7-8,15H,3-6,14H2,1-2H3. The molecule has 1 aromatic carbocycles. The number of nitrogens with two attached hydrogens (primary N) is 1. The summed E-state index contributed by atoms with van der Waals surface area (Å²) in [5.41, 5.74) is 5.88. The Morgan fingerprint density at radius 2 is 2.00 bits per heavy atom. The second-order valence-corrected chi connectivity index (χ2v) is 5.89. The maximum absolute atomic E-state index is 13.5. The van der Waals surface area contributed by atoms with E-state index in [1.807, 2.05) is 0 Å². The van der Waals surface area contributed by atoms with E-state index in [0.717, 1.165) is 6.07 Å². The van der Waals surface area contributed by atoms with Gasteiger partial charge in [-0.2, -0.15) is 0 Å². The van der Waals surface area contributed by atoms with Gasteiger partial charge in [0, 0.05) is 24.9 Å². The van der Waals surface area contributed by atoms with Crippen LogP contribution in [-0.4, -0.2) is 41.9 Å². The Hall–Kier alpha value is -1.22. The number of sulfonamides is 1. The van der Waals surface area contributed by atoms with E-state index in [9.17, 15) is 12.8 Å². The molecule has 0 aliphatic rings. The maximum Gasteiger partial charge on any atom is 0.240 e. The summed E-state index contributed by atoms with van der Waals surface area (Å²) in [5, 5.41) is 0. The number of hydrogen-bond donors (Lipinski definition) is 2. The molecule has 114 valence electrons. The second-order valence-electron chi connectivity index (χ2n) is 4.12. The number of benzene rings is 1. The van der Waals surface area contributed by atoms with Crippen molar-refractivity contribution in [1.82, 2.24) is 4.72 Å². The molecule has 0 aliphatic carbocycles. The lowest BCUT2D eigenvalue weighted by Crippen LogP contribution is -2.28. The average Bonchev–Trinajstić information content (AvgIpc) is 2.39. The summed E-state index contributed by atoms with van der Waals surface area (Å²) in [6.07, 6.45) is 0. The van der Waals surface area contributed by atoms with Crippen LogP contribution in [0.15, 0.2) is 17.0 Å². The Morgan fingerprint density at radius 3 is 2.60 bits per heavy atom. The molecule has 0 heterocycles. The quantitative estimate of drug-likeness (QED) is 0.544. The molecule has 0 fully saturated rings. The Labute approximate surface area is 118 Å². The largest absolute Gasteiger partial charge is 0.398 e. The van der Waals surface area contributed by atoms with Gasteiger partial charge in [-0.25, -0.2) is 17.5 Å². The van der Waals surface area contributed by atoms with E-state index in [2.05, 4.69) is 4.72 Å². The highest BCUT2D eigenvalue weighted by molar-refractivity contribution is 7.89. The number of anilines is 1.